The van der Waals surface area contributed by atoms with Crippen LogP contribution in [-0.4, -0.2) is 45.2 Å². The molecule has 8 nitrogen and oxygen atoms in total. The Kier molecular flexibility index (Phi) is 5.69. The third-order valence-corrected chi connectivity index (χ3v) is 7.97. The molecule has 0 saturated carbocycles. The van der Waals surface area contributed by atoms with Crippen molar-refractivity contribution in [1.29, 1.82) is 0 Å². The predicted octanol–water partition coefficient (Wildman–Crippen LogP) is 3.57. The first kappa shape index (κ1) is 22.1. The van der Waals surface area contributed by atoms with Gasteiger partial charge in [0.05, 0.1) is 11.1 Å². The topological polar surface area (TPSA) is 113 Å². The highest BCUT2D eigenvalue weighted by atomic mass is 32.1. The molecule has 4 heterocycles. The highest BCUT2D eigenvalue weighted by Gasteiger charge is 2.25. The lowest BCUT2D eigenvalue weighted by Crippen LogP contribution is -2.26. The number of aromatic nitrogens is 4. The summed E-state index contributed by atoms with van der Waals surface area (Å²) in [5, 5.41) is 11.6. The Morgan fingerprint density at radius 2 is 2.17 bits per heavy atom. The summed E-state index contributed by atoms with van der Waals surface area (Å²) in [4.78, 5) is 24.9. The number of halogens is 1. The SMILES string of the molecule is N[C@@H]1CCN(c2n[nH]c3nccc(-c4ccc(CNC(=O)c5nc6c(s5)CCCC6)c(F)c4)c23)C1. The van der Waals surface area contributed by atoms with Gasteiger partial charge in [0.25, 0.3) is 5.91 Å². The van der Waals surface area contributed by atoms with Gasteiger partial charge in [0.15, 0.2) is 16.5 Å². The van der Waals surface area contributed by atoms with Crippen molar-refractivity contribution in [3.63, 3.8) is 0 Å². The van der Waals surface area contributed by atoms with E-state index in [4.69, 9.17) is 5.73 Å². The van der Waals surface area contributed by atoms with E-state index in [9.17, 15) is 4.79 Å². The number of hydrogen-bond donors (Lipinski definition) is 3. The number of fused-ring (bicyclic) bond motifs is 2. The number of H-pyrrole nitrogens is 1. The minimum Gasteiger partial charge on any atom is -0.353 e. The van der Waals surface area contributed by atoms with Crippen LogP contribution in [0, 0.1) is 5.82 Å². The average molecular weight is 492 g/mol. The first-order chi connectivity index (χ1) is 17.1. The fourth-order valence-corrected chi connectivity index (χ4v) is 6.01. The van der Waals surface area contributed by atoms with Gasteiger partial charge in [-0.05, 0) is 55.4 Å². The summed E-state index contributed by atoms with van der Waals surface area (Å²) in [6.45, 7) is 1.65. The van der Waals surface area contributed by atoms with Gasteiger partial charge in [-0.15, -0.1) is 11.3 Å². The number of aryl methyl sites for hydroxylation is 2. The van der Waals surface area contributed by atoms with Gasteiger partial charge in [-0.3, -0.25) is 9.89 Å². The van der Waals surface area contributed by atoms with Crippen molar-refractivity contribution >= 4 is 34.1 Å². The van der Waals surface area contributed by atoms with Crippen LogP contribution in [0.3, 0.4) is 0 Å². The zero-order valence-corrected chi connectivity index (χ0v) is 20.0. The maximum atomic E-state index is 15.1. The van der Waals surface area contributed by atoms with E-state index in [0.717, 1.165) is 73.2 Å². The van der Waals surface area contributed by atoms with Crippen molar-refractivity contribution in [2.75, 3.05) is 18.0 Å². The first-order valence-corrected chi connectivity index (χ1v) is 12.8. The van der Waals surface area contributed by atoms with E-state index in [1.54, 1.807) is 12.3 Å². The Morgan fingerprint density at radius 3 is 2.97 bits per heavy atom. The average Bonchev–Trinajstić information content (AvgIpc) is 3.60. The molecule has 4 aromatic rings. The minimum absolute atomic E-state index is 0.101. The maximum Gasteiger partial charge on any atom is 0.280 e. The molecule has 4 N–H and O–H groups in total. The van der Waals surface area contributed by atoms with Crippen LogP contribution in [0.25, 0.3) is 22.2 Å². The van der Waals surface area contributed by atoms with Crippen LogP contribution in [0.4, 0.5) is 10.2 Å². The van der Waals surface area contributed by atoms with Gasteiger partial charge in [-0.25, -0.2) is 14.4 Å². The van der Waals surface area contributed by atoms with Crippen molar-refractivity contribution in [3.8, 4) is 11.1 Å². The van der Waals surface area contributed by atoms with Crippen molar-refractivity contribution < 1.29 is 9.18 Å². The van der Waals surface area contributed by atoms with Crippen molar-refractivity contribution in [3.05, 3.63) is 57.4 Å². The molecule has 6 rings (SSSR count). The molecule has 35 heavy (non-hydrogen) atoms. The van der Waals surface area contributed by atoms with Crippen molar-refractivity contribution in [2.24, 2.45) is 5.73 Å². The molecule has 3 aromatic heterocycles. The largest absolute Gasteiger partial charge is 0.353 e. The normalized spacial score (nSPS) is 17.7. The molecule has 0 unspecified atom stereocenters. The number of benzene rings is 1. The highest BCUT2D eigenvalue weighted by Crippen LogP contribution is 2.35. The lowest BCUT2D eigenvalue weighted by Gasteiger charge is -2.16. The Hall–Kier alpha value is -3.37. The number of aromatic amines is 1. The monoisotopic (exact) mass is 491 g/mol. The molecule has 1 aliphatic carbocycles. The molecular formula is C25H26FN7OS. The number of nitrogens with one attached hydrogen (secondary N) is 2. The van der Waals surface area contributed by atoms with Gasteiger partial charge in [-0.2, -0.15) is 5.10 Å². The number of carbonyl (C=O) groups excluding carboxylic acids is 1. The summed E-state index contributed by atoms with van der Waals surface area (Å²) in [5.74, 6) is 0.161. The number of carbonyl (C=O) groups is 1. The van der Waals surface area contributed by atoms with Crippen LogP contribution >= 0.6 is 11.3 Å². The summed E-state index contributed by atoms with van der Waals surface area (Å²) in [6, 6.07) is 7.08. The molecule has 1 aliphatic heterocycles. The lowest BCUT2D eigenvalue weighted by molar-refractivity contribution is 0.0950. The quantitative estimate of drug-likeness (QED) is 0.393. The molecule has 0 bridgehead atoms. The highest BCUT2D eigenvalue weighted by molar-refractivity contribution is 7.13. The smallest absolute Gasteiger partial charge is 0.280 e. The summed E-state index contributed by atoms with van der Waals surface area (Å²) in [7, 11) is 0. The van der Waals surface area contributed by atoms with Gasteiger partial charge in [-0.1, -0.05) is 12.1 Å². The standard InChI is InChI=1S/C25H26FN7OS/c26-18-11-14(17-7-9-28-22-21(17)23(32-31-22)33-10-8-16(27)13-33)5-6-15(18)12-29-24(34)25-30-19-3-1-2-4-20(19)35-25/h5-7,9,11,16H,1-4,8,10,12-13,27H2,(H,29,34)(H,28,31,32)/t16-/m1/s1. The molecular weight excluding hydrogens is 465 g/mol. The fraction of sp³-hybridized carbons (Fsp3) is 0.360. The molecule has 10 heteroatoms. The van der Waals surface area contributed by atoms with E-state index in [1.807, 2.05) is 12.1 Å². The van der Waals surface area contributed by atoms with Crippen LogP contribution in [0.15, 0.2) is 30.5 Å². The van der Waals surface area contributed by atoms with Gasteiger partial charge in [0.1, 0.15) is 5.82 Å². The minimum atomic E-state index is -0.376. The first-order valence-electron chi connectivity index (χ1n) is 12.0. The fourth-order valence-electron chi connectivity index (χ4n) is 4.94. The molecule has 1 atom stereocenters. The van der Waals surface area contributed by atoms with Gasteiger partial charge >= 0.3 is 0 Å². The van der Waals surface area contributed by atoms with E-state index in [0.29, 0.717) is 16.2 Å². The van der Waals surface area contributed by atoms with E-state index >= 15 is 4.39 Å². The third kappa shape index (κ3) is 4.17. The zero-order valence-electron chi connectivity index (χ0n) is 19.2. The number of nitrogens with zero attached hydrogens (tertiary/aromatic N) is 4. The molecule has 1 fully saturated rings. The second-order valence-corrected chi connectivity index (χ2v) is 10.3. The summed E-state index contributed by atoms with van der Waals surface area (Å²) in [5.41, 5.74) is 9.79. The second-order valence-electron chi connectivity index (χ2n) is 9.21. The van der Waals surface area contributed by atoms with Crippen molar-refractivity contribution in [1.82, 2.24) is 25.5 Å². The number of hydrogen-bond acceptors (Lipinski definition) is 7. The molecule has 0 spiro atoms. The molecule has 0 radical (unpaired) electrons. The van der Waals surface area contributed by atoms with Gasteiger partial charge in [0.2, 0.25) is 0 Å². The summed E-state index contributed by atoms with van der Waals surface area (Å²) >= 11 is 1.45. The number of nitrogens with two attached hydrogens (primary N) is 1. The van der Waals surface area contributed by atoms with Gasteiger partial charge in [0, 0.05) is 42.3 Å². The van der Waals surface area contributed by atoms with E-state index in [1.165, 1.54) is 22.3 Å². The number of anilines is 1. The Bertz CT molecular complexity index is 1390. The molecule has 180 valence electrons. The van der Waals surface area contributed by atoms with E-state index in [-0.39, 0.29) is 24.3 Å². The van der Waals surface area contributed by atoms with Crippen LogP contribution in [0.2, 0.25) is 0 Å². The van der Waals surface area contributed by atoms with Crippen LogP contribution < -0.4 is 16.0 Å². The third-order valence-electron chi connectivity index (χ3n) is 6.81. The number of amides is 1. The van der Waals surface area contributed by atoms with Crippen molar-refractivity contribution in [2.45, 2.75) is 44.7 Å². The Labute approximate surface area is 205 Å². The van der Waals surface area contributed by atoms with Gasteiger partial charge < -0.3 is 16.0 Å². The summed E-state index contributed by atoms with van der Waals surface area (Å²) in [6.07, 6.45) is 6.77. The molecule has 1 saturated heterocycles. The maximum absolute atomic E-state index is 15.1. The van der Waals surface area contributed by atoms with Crippen LogP contribution in [0.1, 0.15) is 45.2 Å². The molecule has 1 aromatic carbocycles. The second kappa shape index (κ2) is 9.01. The Morgan fingerprint density at radius 1 is 1.29 bits per heavy atom. The van der Waals surface area contributed by atoms with Crippen LogP contribution in [-0.2, 0) is 19.4 Å². The van der Waals surface area contributed by atoms with E-state index < -0.39 is 0 Å². The molecule has 1 amide bonds. The van der Waals surface area contributed by atoms with E-state index in [2.05, 4.69) is 30.4 Å². The number of pyridine rings is 1. The predicted molar refractivity (Wildman–Crippen MR) is 134 cm³/mol. The zero-order chi connectivity index (χ0) is 23.9. The molecule has 2 aliphatic rings. The number of rotatable bonds is 5. The number of thiazole rings is 1. The lowest BCUT2D eigenvalue weighted by atomic mass is 10.0. The van der Waals surface area contributed by atoms with Crippen LogP contribution in [0.5, 0.6) is 0 Å². The summed E-state index contributed by atoms with van der Waals surface area (Å²) < 4.78 is 15.1. The Balaban J connectivity index is 1.23.